The van der Waals surface area contributed by atoms with E-state index in [0.29, 0.717) is 6.61 Å². The van der Waals surface area contributed by atoms with Crippen molar-refractivity contribution in [3.8, 4) is 5.75 Å². The van der Waals surface area contributed by atoms with Gasteiger partial charge in [-0.2, -0.15) is 0 Å². The second-order valence-electron chi connectivity index (χ2n) is 3.98. The molecule has 0 saturated heterocycles. The number of nitrogens with two attached hydrogens (primary N) is 1. The van der Waals surface area contributed by atoms with Gasteiger partial charge in [0.15, 0.2) is 0 Å². The largest absolute Gasteiger partial charge is 0.492 e. The van der Waals surface area contributed by atoms with Gasteiger partial charge in [-0.3, -0.25) is 0 Å². The van der Waals surface area contributed by atoms with Crippen LogP contribution in [0.15, 0.2) is 21.1 Å². The summed E-state index contributed by atoms with van der Waals surface area (Å²) in [5.41, 5.74) is 6.62. The Labute approximate surface area is 126 Å². The summed E-state index contributed by atoms with van der Waals surface area (Å²) in [5.74, 6) is 0.923. The average molecular weight is 380 g/mol. The number of hydrogen-bond acceptors (Lipinski definition) is 3. The number of ether oxygens (including phenoxy) is 1. The van der Waals surface area contributed by atoms with Crippen LogP contribution >= 0.6 is 31.9 Å². The Morgan fingerprint density at radius 2 is 2.06 bits per heavy atom. The van der Waals surface area contributed by atoms with Crippen LogP contribution in [0.5, 0.6) is 5.75 Å². The van der Waals surface area contributed by atoms with Gasteiger partial charge in [0.05, 0.1) is 11.1 Å². The molecule has 18 heavy (non-hydrogen) atoms. The van der Waals surface area contributed by atoms with Crippen molar-refractivity contribution in [2.75, 3.05) is 19.7 Å². The van der Waals surface area contributed by atoms with Gasteiger partial charge in [-0.05, 0) is 60.9 Å². The summed E-state index contributed by atoms with van der Waals surface area (Å²) in [6, 6.07) is 4.09. The van der Waals surface area contributed by atoms with Gasteiger partial charge in [-0.1, -0.05) is 15.9 Å². The fourth-order valence-electron chi connectivity index (χ4n) is 1.67. The van der Waals surface area contributed by atoms with Crippen LogP contribution in [-0.4, -0.2) is 19.7 Å². The quantitative estimate of drug-likeness (QED) is 0.680. The third kappa shape index (κ3) is 5.26. The highest BCUT2D eigenvalue weighted by Crippen LogP contribution is 2.32. The van der Waals surface area contributed by atoms with Crippen molar-refractivity contribution < 1.29 is 4.74 Å². The predicted octanol–water partition coefficient (Wildman–Crippen LogP) is 3.44. The highest BCUT2D eigenvalue weighted by molar-refractivity contribution is 9.11. The molecule has 0 aromatic heterocycles. The van der Waals surface area contributed by atoms with Gasteiger partial charge >= 0.3 is 0 Å². The maximum atomic E-state index is 5.67. The second kappa shape index (κ2) is 8.91. The molecule has 3 nitrogen and oxygen atoms in total. The van der Waals surface area contributed by atoms with E-state index >= 15 is 0 Å². The molecule has 102 valence electrons. The normalized spacial score (nSPS) is 10.7. The molecular formula is C13H20Br2N2O. The molecule has 0 amide bonds. The summed E-state index contributed by atoms with van der Waals surface area (Å²) in [7, 11) is 0. The van der Waals surface area contributed by atoms with E-state index in [1.54, 1.807) is 0 Å². The van der Waals surface area contributed by atoms with Crippen LogP contribution in [0, 0.1) is 0 Å². The Bertz CT molecular complexity index is 372. The molecule has 0 aliphatic heterocycles. The van der Waals surface area contributed by atoms with Gasteiger partial charge in [0.2, 0.25) is 0 Å². The Balaban J connectivity index is 2.62. The van der Waals surface area contributed by atoms with Crippen molar-refractivity contribution in [3.63, 3.8) is 0 Å². The highest BCUT2D eigenvalue weighted by atomic mass is 79.9. The molecule has 3 N–H and O–H groups in total. The fraction of sp³-hybridized carbons (Fsp3) is 0.538. The monoisotopic (exact) mass is 378 g/mol. The van der Waals surface area contributed by atoms with Gasteiger partial charge < -0.3 is 15.8 Å². The molecule has 0 spiro atoms. The maximum Gasteiger partial charge on any atom is 0.138 e. The minimum atomic E-state index is 0.667. The lowest BCUT2D eigenvalue weighted by Gasteiger charge is -2.13. The first-order valence-electron chi connectivity index (χ1n) is 6.20. The highest BCUT2D eigenvalue weighted by Gasteiger charge is 2.09. The molecule has 0 atom stereocenters. The molecule has 1 aromatic carbocycles. The van der Waals surface area contributed by atoms with Crippen molar-refractivity contribution in [3.05, 3.63) is 26.6 Å². The van der Waals surface area contributed by atoms with Crippen LogP contribution in [0.2, 0.25) is 0 Å². The lowest BCUT2D eigenvalue weighted by molar-refractivity contribution is 0.333. The molecule has 0 unspecified atom stereocenters. The van der Waals surface area contributed by atoms with Gasteiger partial charge in [0, 0.05) is 16.6 Å². The van der Waals surface area contributed by atoms with Crippen LogP contribution in [0.1, 0.15) is 25.3 Å². The number of nitrogens with one attached hydrogen (secondary N) is 1. The van der Waals surface area contributed by atoms with Crippen LogP contribution < -0.4 is 15.8 Å². The van der Waals surface area contributed by atoms with Crippen LogP contribution in [-0.2, 0) is 6.54 Å². The van der Waals surface area contributed by atoms with E-state index in [1.807, 2.05) is 13.0 Å². The molecule has 0 aliphatic carbocycles. The summed E-state index contributed by atoms with van der Waals surface area (Å²) in [5, 5.41) is 3.41. The Kier molecular flexibility index (Phi) is 7.90. The average Bonchev–Trinajstić information content (AvgIpc) is 2.33. The molecule has 1 aromatic rings. The third-order valence-corrected chi connectivity index (χ3v) is 3.54. The second-order valence-corrected chi connectivity index (χ2v) is 5.75. The van der Waals surface area contributed by atoms with Gasteiger partial charge in [-0.15, -0.1) is 0 Å². The molecule has 0 bridgehead atoms. The molecule has 0 heterocycles. The minimum Gasteiger partial charge on any atom is -0.492 e. The van der Waals surface area contributed by atoms with E-state index in [2.05, 4.69) is 43.2 Å². The summed E-state index contributed by atoms with van der Waals surface area (Å²) in [4.78, 5) is 0. The molecule has 1 rings (SSSR count). The van der Waals surface area contributed by atoms with E-state index in [4.69, 9.17) is 10.5 Å². The third-order valence-electron chi connectivity index (χ3n) is 2.50. The number of hydrogen-bond donors (Lipinski definition) is 2. The van der Waals surface area contributed by atoms with E-state index < -0.39 is 0 Å². The number of halogens is 2. The Hall–Kier alpha value is -0.100. The van der Waals surface area contributed by atoms with Crippen LogP contribution in [0.4, 0.5) is 0 Å². The first-order chi connectivity index (χ1) is 8.69. The molecule has 0 saturated carbocycles. The molecule has 5 heteroatoms. The molecule has 0 aliphatic rings. The van der Waals surface area contributed by atoms with E-state index in [0.717, 1.165) is 52.7 Å². The first-order valence-corrected chi connectivity index (χ1v) is 7.79. The van der Waals surface area contributed by atoms with Gasteiger partial charge in [0.1, 0.15) is 5.75 Å². The van der Waals surface area contributed by atoms with Crippen molar-refractivity contribution in [1.82, 2.24) is 5.32 Å². The smallest absolute Gasteiger partial charge is 0.138 e. The maximum absolute atomic E-state index is 5.67. The Morgan fingerprint density at radius 3 is 2.72 bits per heavy atom. The van der Waals surface area contributed by atoms with E-state index in [9.17, 15) is 0 Å². The minimum absolute atomic E-state index is 0.667. The summed E-state index contributed by atoms with van der Waals surface area (Å²) in [6.07, 6.45) is 2.17. The SMILES string of the molecule is CCOc1c(Br)cc(Br)cc1CNCCCCN. The van der Waals surface area contributed by atoms with Crippen LogP contribution in [0.25, 0.3) is 0 Å². The van der Waals surface area contributed by atoms with Gasteiger partial charge in [-0.25, -0.2) is 0 Å². The van der Waals surface area contributed by atoms with Gasteiger partial charge in [0.25, 0.3) is 0 Å². The van der Waals surface area contributed by atoms with Crippen molar-refractivity contribution >= 4 is 31.9 Å². The molecule has 0 radical (unpaired) electrons. The lowest BCUT2D eigenvalue weighted by atomic mass is 10.2. The summed E-state index contributed by atoms with van der Waals surface area (Å²) < 4.78 is 7.71. The molecule has 0 fully saturated rings. The number of rotatable bonds is 8. The zero-order valence-corrected chi connectivity index (χ0v) is 13.8. The topological polar surface area (TPSA) is 47.3 Å². The lowest BCUT2D eigenvalue weighted by Crippen LogP contribution is -2.16. The van der Waals surface area contributed by atoms with Crippen molar-refractivity contribution in [2.45, 2.75) is 26.3 Å². The predicted molar refractivity (Wildman–Crippen MR) is 83.0 cm³/mol. The van der Waals surface area contributed by atoms with E-state index in [1.165, 1.54) is 0 Å². The van der Waals surface area contributed by atoms with Crippen LogP contribution in [0.3, 0.4) is 0 Å². The summed E-state index contributed by atoms with van der Waals surface area (Å²) in [6.45, 7) is 5.20. The van der Waals surface area contributed by atoms with Crippen molar-refractivity contribution in [2.24, 2.45) is 5.73 Å². The molecular weight excluding hydrogens is 360 g/mol. The van der Waals surface area contributed by atoms with E-state index in [-0.39, 0.29) is 0 Å². The zero-order chi connectivity index (χ0) is 13.4. The number of benzene rings is 1. The number of unbranched alkanes of at least 4 members (excludes halogenated alkanes) is 1. The van der Waals surface area contributed by atoms with Crippen molar-refractivity contribution in [1.29, 1.82) is 0 Å². The zero-order valence-electron chi connectivity index (χ0n) is 10.6. The fourth-order valence-corrected chi connectivity index (χ4v) is 3.10. The Morgan fingerprint density at radius 1 is 1.28 bits per heavy atom. The summed E-state index contributed by atoms with van der Waals surface area (Å²) >= 11 is 7.04. The first kappa shape index (κ1) is 16.0. The standard InChI is InChI=1S/C13H20Br2N2O/c1-2-18-13-10(7-11(14)8-12(13)15)9-17-6-4-3-5-16/h7-8,17H,2-6,9,16H2,1H3.